The quantitative estimate of drug-likeness (QED) is 0.601. The highest BCUT2D eigenvalue weighted by Gasteiger charge is 2.24. The molecule has 9 heteroatoms. The molecule has 0 aliphatic rings. The first-order valence-corrected chi connectivity index (χ1v) is 7.62. The van der Waals surface area contributed by atoms with Crippen molar-refractivity contribution >= 4 is 46.5 Å². The number of fused-ring (bicyclic) bond motifs is 1. The van der Waals surface area contributed by atoms with E-state index in [0.717, 1.165) is 17.8 Å². The van der Waals surface area contributed by atoms with Crippen LogP contribution in [0, 0.1) is 6.92 Å². The maximum atomic E-state index is 12.0. The first kappa shape index (κ1) is 17.6. The molecule has 0 fully saturated rings. The molecule has 124 valence electrons. The van der Waals surface area contributed by atoms with Crippen LogP contribution in [-0.4, -0.2) is 37.2 Å². The number of benzene rings is 1. The van der Waals surface area contributed by atoms with Crippen LogP contribution in [0.15, 0.2) is 6.07 Å². The van der Waals surface area contributed by atoms with Crippen molar-refractivity contribution in [1.82, 2.24) is 9.97 Å². The summed E-state index contributed by atoms with van der Waals surface area (Å²) in [5.74, 6) is 0.191. The minimum atomic E-state index is -0.262. The molecule has 0 saturated carbocycles. The van der Waals surface area contributed by atoms with Crippen molar-refractivity contribution < 1.29 is 18.5 Å². The van der Waals surface area contributed by atoms with Gasteiger partial charge in [-0.05, 0) is 18.6 Å². The predicted octanol–water partition coefficient (Wildman–Crippen LogP) is 3.17. The van der Waals surface area contributed by atoms with Crippen LogP contribution in [-0.2, 0) is 8.98 Å². The van der Waals surface area contributed by atoms with Gasteiger partial charge in [-0.1, -0.05) is 11.6 Å². The number of hydrogen-bond donors (Lipinski definition) is 0. The van der Waals surface area contributed by atoms with E-state index >= 15 is 0 Å². The van der Waals surface area contributed by atoms with E-state index in [0.29, 0.717) is 21.7 Å². The van der Waals surface area contributed by atoms with Crippen molar-refractivity contribution in [2.45, 2.75) is 13.8 Å². The Morgan fingerprint density at radius 1 is 1.22 bits per heavy atom. The average molecular weight is 358 g/mol. The Labute approximate surface area is 143 Å². The van der Waals surface area contributed by atoms with Gasteiger partial charge in [-0.15, -0.1) is 0 Å². The summed E-state index contributed by atoms with van der Waals surface area (Å²) in [6.07, 6.45) is 0. The Balaban J connectivity index is 2.84. The first-order valence-electron chi connectivity index (χ1n) is 6.54. The molecule has 0 bridgehead atoms. The molecule has 0 saturated heterocycles. The number of aromatic nitrogens is 2. The molecule has 0 unspecified atom stereocenters. The molecular formula is C14H16ClN3O4S. The Kier molecular flexibility index (Phi) is 5.51. The van der Waals surface area contributed by atoms with E-state index in [1.807, 2.05) is 6.92 Å². The molecule has 1 heterocycles. The van der Waals surface area contributed by atoms with Crippen molar-refractivity contribution in [1.29, 1.82) is 0 Å². The minimum absolute atomic E-state index is 0.201. The van der Waals surface area contributed by atoms with Crippen LogP contribution >= 0.6 is 23.8 Å². The number of nitrogens with zero attached hydrogens (tertiary/aromatic N) is 3. The van der Waals surface area contributed by atoms with Crippen LogP contribution in [0.1, 0.15) is 12.5 Å². The number of ether oxygens (including phenoxy) is 2. The van der Waals surface area contributed by atoms with Gasteiger partial charge in [-0.2, -0.15) is 0 Å². The second-order valence-electron chi connectivity index (χ2n) is 4.52. The zero-order chi connectivity index (χ0) is 17.1. The monoisotopic (exact) mass is 357 g/mol. The summed E-state index contributed by atoms with van der Waals surface area (Å²) in [4.78, 5) is 20.7. The molecular weight excluding hydrogens is 342 g/mol. The van der Waals surface area contributed by atoms with Crippen molar-refractivity contribution in [2.24, 2.45) is 0 Å². The fourth-order valence-electron chi connectivity index (χ4n) is 2.02. The predicted molar refractivity (Wildman–Crippen MR) is 90.1 cm³/mol. The third kappa shape index (κ3) is 3.29. The molecule has 0 aliphatic carbocycles. The van der Waals surface area contributed by atoms with Crippen molar-refractivity contribution in [3.8, 4) is 11.8 Å². The molecule has 23 heavy (non-hydrogen) atoms. The SMILES string of the molecule is COSN(C(C)=O)c1c(Cl)c(C)cc2nc(OC)c(OC)nc12. The van der Waals surface area contributed by atoms with Gasteiger partial charge in [-0.25, -0.2) is 14.3 Å². The number of rotatable bonds is 5. The lowest BCUT2D eigenvalue weighted by Crippen LogP contribution is -2.22. The largest absolute Gasteiger partial charge is 0.477 e. The zero-order valence-electron chi connectivity index (χ0n) is 13.3. The van der Waals surface area contributed by atoms with E-state index in [-0.39, 0.29) is 17.7 Å². The Hall–Kier alpha value is -1.77. The van der Waals surface area contributed by atoms with Gasteiger partial charge in [0, 0.05) is 6.92 Å². The fraction of sp³-hybridized carbons (Fsp3) is 0.357. The Bertz CT molecular complexity index is 757. The minimum Gasteiger partial charge on any atom is -0.477 e. The highest BCUT2D eigenvalue weighted by Crippen LogP contribution is 2.40. The Morgan fingerprint density at radius 2 is 1.83 bits per heavy atom. The van der Waals surface area contributed by atoms with Crippen LogP contribution < -0.4 is 13.8 Å². The lowest BCUT2D eigenvalue weighted by molar-refractivity contribution is -0.115. The van der Waals surface area contributed by atoms with Crippen molar-refractivity contribution in [2.75, 3.05) is 25.6 Å². The zero-order valence-corrected chi connectivity index (χ0v) is 14.9. The molecule has 1 aromatic heterocycles. The third-order valence-electron chi connectivity index (χ3n) is 3.02. The molecule has 2 rings (SSSR count). The van der Waals surface area contributed by atoms with Gasteiger partial charge in [0.2, 0.25) is 5.91 Å². The summed E-state index contributed by atoms with van der Waals surface area (Å²) in [6.45, 7) is 3.23. The second-order valence-corrected chi connectivity index (χ2v) is 5.75. The van der Waals surface area contributed by atoms with Crippen molar-refractivity contribution in [3.63, 3.8) is 0 Å². The van der Waals surface area contributed by atoms with Crippen LogP contribution in [0.25, 0.3) is 11.0 Å². The highest BCUT2D eigenvalue weighted by molar-refractivity contribution is 7.96. The number of amides is 1. The fourth-order valence-corrected chi connectivity index (χ4v) is 2.81. The topological polar surface area (TPSA) is 73.8 Å². The number of hydrogen-bond acceptors (Lipinski definition) is 7. The molecule has 1 amide bonds. The van der Waals surface area contributed by atoms with Gasteiger partial charge in [0.25, 0.3) is 11.8 Å². The molecule has 0 aliphatic heterocycles. The molecule has 0 atom stereocenters. The summed E-state index contributed by atoms with van der Waals surface area (Å²) in [6, 6.07) is 1.77. The van der Waals surface area contributed by atoms with Crippen LogP contribution in [0.3, 0.4) is 0 Å². The van der Waals surface area contributed by atoms with Gasteiger partial charge < -0.3 is 9.47 Å². The normalized spacial score (nSPS) is 10.7. The molecule has 0 radical (unpaired) electrons. The van der Waals surface area contributed by atoms with E-state index in [4.69, 9.17) is 25.3 Å². The average Bonchev–Trinajstić information content (AvgIpc) is 2.53. The van der Waals surface area contributed by atoms with E-state index in [1.165, 1.54) is 32.6 Å². The number of aryl methyl sites for hydroxylation is 1. The summed E-state index contributed by atoms with van der Waals surface area (Å²) < 4.78 is 16.7. The van der Waals surface area contributed by atoms with Crippen molar-refractivity contribution in [3.05, 3.63) is 16.7 Å². The van der Waals surface area contributed by atoms with Gasteiger partial charge in [0.05, 0.1) is 31.9 Å². The number of methoxy groups -OCH3 is 2. The van der Waals surface area contributed by atoms with Gasteiger partial charge in [-0.3, -0.25) is 8.98 Å². The smallest absolute Gasteiger partial charge is 0.278 e. The number of carbonyl (C=O) groups excluding carboxylic acids is 1. The van der Waals surface area contributed by atoms with E-state index in [2.05, 4.69) is 9.97 Å². The third-order valence-corrected chi connectivity index (χ3v) is 4.23. The Morgan fingerprint density at radius 3 is 2.35 bits per heavy atom. The molecule has 1 aromatic carbocycles. The molecule has 2 aromatic rings. The molecule has 0 spiro atoms. The summed E-state index contributed by atoms with van der Waals surface area (Å²) in [5, 5.41) is 0.388. The van der Waals surface area contributed by atoms with E-state index in [1.54, 1.807) is 6.07 Å². The summed E-state index contributed by atoms with van der Waals surface area (Å²) in [5.41, 5.74) is 2.09. The number of carbonyl (C=O) groups is 1. The molecule has 0 N–H and O–H groups in total. The van der Waals surface area contributed by atoms with E-state index < -0.39 is 0 Å². The maximum Gasteiger partial charge on any atom is 0.278 e. The van der Waals surface area contributed by atoms with Gasteiger partial charge in [0.1, 0.15) is 23.4 Å². The van der Waals surface area contributed by atoms with Crippen LogP contribution in [0.5, 0.6) is 11.8 Å². The summed E-state index contributed by atoms with van der Waals surface area (Å²) >= 11 is 7.27. The standard InChI is InChI=1S/C14H16ClN3O4S/c1-7-6-9-11(17-14(21-4)13(16-9)20-3)12(10(7)15)18(8(2)19)23-22-5/h6H,1-5H3. The lowest BCUT2D eigenvalue weighted by atomic mass is 10.1. The second kappa shape index (κ2) is 7.20. The van der Waals surface area contributed by atoms with Crippen LogP contribution in [0.2, 0.25) is 5.02 Å². The maximum absolute atomic E-state index is 12.0. The first-order chi connectivity index (χ1) is 10.9. The molecule has 7 nitrogen and oxygen atoms in total. The van der Waals surface area contributed by atoms with E-state index in [9.17, 15) is 4.79 Å². The number of anilines is 1. The lowest BCUT2D eigenvalue weighted by Gasteiger charge is -2.21. The number of halogens is 1. The van der Waals surface area contributed by atoms with Gasteiger partial charge in [0.15, 0.2) is 0 Å². The summed E-state index contributed by atoms with van der Waals surface area (Å²) in [7, 11) is 4.40. The highest BCUT2D eigenvalue weighted by atomic mass is 35.5. The van der Waals surface area contributed by atoms with Gasteiger partial charge >= 0.3 is 0 Å². The van der Waals surface area contributed by atoms with Crippen LogP contribution in [0.4, 0.5) is 5.69 Å².